The molecule has 1 atom stereocenters. The third kappa shape index (κ3) is 4.09. The van der Waals surface area contributed by atoms with Crippen molar-refractivity contribution in [3.05, 3.63) is 12.2 Å². The smallest absolute Gasteiger partial charge is 0.326 e. The summed E-state index contributed by atoms with van der Waals surface area (Å²) >= 11 is 0. The quantitative estimate of drug-likeness (QED) is 0.667. The van der Waals surface area contributed by atoms with Crippen molar-refractivity contribution in [2.75, 3.05) is 0 Å². The van der Waals surface area contributed by atoms with Crippen LogP contribution in [0.1, 0.15) is 19.7 Å². The molecule has 8 heteroatoms. The fourth-order valence-electron chi connectivity index (χ4n) is 1.14. The zero-order valence-electron chi connectivity index (χ0n) is 9.51. The van der Waals surface area contributed by atoms with E-state index in [0.717, 1.165) is 6.39 Å². The SMILES string of the molecule is CC(C)C(NC(=O)NCc1ncon1)C(=O)O. The summed E-state index contributed by atoms with van der Waals surface area (Å²) in [6.07, 6.45) is 1.14. The van der Waals surface area contributed by atoms with Crippen molar-refractivity contribution in [1.29, 1.82) is 0 Å². The highest BCUT2D eigenvalue weighted by atomic mass is 16.5. The second-order valence-electron chi connectivity index (χ2n) is 3.73. The van der Waals surface area contributed by atoms with Crippen LogP contribution in [0.2, 0.25) is 0 Å². The number of nitrogens with one attached hydrogen (secondary N) is 2. The number of carbonyl (C=O) groups is 2. The number of hydrogen-bond acceptors (Lipinski definition) is 5. The molecule has 1 unspecified atom stereocenters. The van der Waals surface area contributed by atoms with Crippen LogP contribution in [0.15, 0.2) is 10.9 Å². The van der Waals surface area contributed by atoms with Crippen LogP contribution in [0.4, 0.5) is 4.79 Å². The zero-order valence-corrected chi connectivity index (χ0v) is 9.51. The van der Waals surface area contributed by atoms with Gasteiger partial charge in [-0.25, -0.2) is 9.59 Å². The van der Waals surface area contributed by atoms with Gasteiger partial charge in [0.1, 0.15) is 6.04 Å². The fourth-order valence-corrected chi connectivity index (χ4v) is 1.14. The van der Waals surface area contributed by atoms with Crippen LogP contribution in [0.3, 0.4) is 0 Å². The molecule has 8 nitrogen and oxygen atoms in total. The number of amides is 2. The largest absolute Gasteiger partial charge is 0.480 e. The minimum Gasteiger partial charge on any atom is -0.480 e. The van der Waals surface area contributed by atoms with E-state index < -0.39 is 18.0 Å². The molecule has 0 saturated carbocycles. The van der Waals surface area contributed by atoms with Crippen LogP contribution < -0.4 is 10.6 Å². The van der Waals surface area contributed by atoms with E-state index >= 15 is 0 Å². The second kappa shape index (κ2) is 5.83. The van der Waals surface area contributed by atoms with E-state index in [1.165, 1.54) is 0 Å². The second-order valence-corrected chi connectivity index (χ2v) is 3.73. The van der Waals surface area contributed by atoms with Gasteiger partial charge in [-0.1, -0.05) is 19.0 Å². The van der Waals surface area contributed by atoms with Crippen LogP contribution in [0, 0.1) is 5.92 Å². The molecule has 2 amide bonds. The Bertz CT molecular complexity index is 376. The first kappa shape index (κ1) is 12.9. The standard InChI is InChI=1S/C9H14N4O4/c1-5(2)7(8(14)15)12-9(16)10-3-6-11-4-17-13-6/h4-5,7H,3H2,1-2H3,(H,14,15)(H2,10,12,16). The minimum absolute atomic E-state index is 0.0762. The fraction of sp³-hybridized carbons (Fsp3) is 0.556. The summed E-state index contributed by atoms with van der Waals surface area (Å²) < 4.78 is 4.48. The lowest BCUT2D eigenvalue weighted by Gasteiger charge is -2.17. The zero-order chi connectivity index (χ0) is 12.8. The Morgan fingerprint density at radius 2 is 2.24 bits per heavy atom. The number of aromatic nitrogens is 2. The van der Waals surface area contributed by atoms with Crippen molar-refractivity contribution < 1.29 is 19.2 Å². The molecular weight excluding hydrogens is 228 g/mol. The molecule has 1 aromatic rings. The normalized spacial score (nSPS) is 12.2. The molecule has 1 aromatic heterocycles. The van der Waals surface area contributed by atoms with Crippen LogP contribution in [0.25, 0.3) is 0 Å². The summed E-state index contributed by atoms with van der Waals surface area (Å²) in [6, 6.07) is -1.52. The Labute approximate surface area is 97.4 Å². The minimum atomic E-state index is -1.07. The van der Waals surface area contributed by atoms with E-state index in [9.17, 15) is 9.59 Å². The maximum atomic E-state index is 11.4. The summed E-state index contributed by atoms with van der Waals surface area (Å²) in [7, 11) is 0. The van der Waals surface area contributed by atoms with Crippen molar-refractivity contribution in [2.24, 2.45) is 5.92 Å². The Morgan fingerprint density at radius 3 is 2.71 bits per heavy atom. The molecule has 94 valence electrons. The van der Waals surface area contributed by atoms with Crippen LogP contribution in [-0.2, 0) is 11.3 Å². The highest BCUT2D eigenvalue weighted by Gasteiger charge is 2.23. The maximum absolute atomic E-state index is 11.4. The van der Waals surface area contributed by atoms with Gasteiger partial charge in [-0.05, 0) is 5.92 Å². The van der Waals surface area contributed by atoms with Crippen LogP contribution in [0.5, 0.6) is 0 Å². The average molecular weight is 242 g/mol. The van der Waals surface area contributed by atoms with E-state index in [4.69, 9.17) is 5.11 Å². The number of carbonyl (C=O) groups excluding carboxylic acids is 1. The van der Waals surface area contributed by atoms with E-state index in [-0.39, 0.29) is 12.5 Å². The number of hydrogen-bond donors (Lipinski definition) is 3. The topological polar surface area (TPSA) is 117 Å². The average Bonchev–Trinajstić information content (AvgIpc) is 2.74. The summed E-state index contributed by atoms with van der Waals surface area (Å²) in [5, 5.41) is 17.1. The lowest BCUT2D eigenvalue weighted by molar-refractivity contribution is -0.140. The van der Waals surface area contributed by atoms with Crippen molar-refractivity contribution in [2.45, 2.75) is 26.4 Å². The monoisotopic (exact) mass is 242 g/mol. The first-order valence-corrected chi connectivity index (χ1v) is 5.03. The van der Waals surface area contributed by atoms with Crippen LogP contribution in [-0.4, -0.2) is 33.3 Å². The predicted molar refractivity (Wildman–Crippen MR) is 55.9 cm³/mol. The number of rotatable bonds is 5. The third-order valence-corrected chi connectivity index (χ3v) is 2.03. The molecule has 0 radical (unpaired) electrons. The molecule has 17 heavy (non-hydrogen) atoms. The van der Waals surface area contributed by atoms with Gasteiger partial charge in [-0.15, -0.1) is 0 Å². The van der Waals surface area contributed by atoms with E-state index in [2.05, 4.69) is 25.3 Å². The molecule has 1 rings (SSSR count). The van der Waals surface area contributed by atoms with Gasteiger partial charge in [0.2, 0.25) is 6.39 Å². The Morgan fingerprint density at radius 1 is 1.53 bits per heavy atom. The highest BCUT2D eigenvalue weighted by molar-refractivity contribution is 5.82. The molecule has 0 aliphatic heterocycles. The van der Waals surface area contributed by atoms with Crippen molar-refractivity contribution in [1.82, 2.24) is 20.8 Å². The molecular formula is C9H14N4O4. The molecule has 0 aliphatic carbocycles. The molecule has 0 saturated heterocycles. The molecule has 3 N–H and O–H groups in total. The number of carboxylic acids is 1. The van der Waals surface area contributed by atoms with Gasteiger partial charge in [-0.2, -0.15) is 4.98 Å². The molecule has 1 heterocycles. The van der Waals surface area contributed by atoms with Gasteiger partial charge >= 0.3 is 12.0 Å². The van der Waals surface area contributed by atoms with Gasteiger partial charge < -0.3 is 20.3 Å². The van der Waals surface area contributed by atoms with E-state index in [0.29, 0.717) is 5.82 Å². The lowest BCUT2D eigenvalue weighted by atomic mass is 10.1. The molecule has 0 aliphatic rings. The summed E-state index contributed by atoms with van der Waals surface area (Å²) in [5.41, 5.74) is 0. The first-order chi connectivity index (χ1) is 8.00. The summed E-state index contributed by atoms with van der Waals surface area (Å²) in [6.45, 7) is 3.49. The molecule has 0 aromatic carbocycles. The van der Waals surface area contributed by atoms with Crippen molar-refractivity contribution in [3.63, 3.8) is 0 Å². The van der Waals surface area contributed by atoms with Gasteiger partial charge in [0.15, 0.2) is 5.82 Å². The maximum Gasteiger partial charge on any atom is 0.326 e. The molecule has 0 spiro atoms. The Hall–Kier alpha value is -2.12. The summed E-state index contributed by atoms with van der Waals surface area (Å²) in [5.74, 6) is -0.963. The number of nitrogens with zero attached hydrogens (tertiary/aromatic N) is 2. The van der Waals surface area contributed by atoms with Gasteiger partial charge in [-0.3, -0.25) is 0 Å². The van der Waals surface area contributed by atoms with Crippen molar-refractivity contribution in [3.8, 4) is 0 Å². The molecule has 0 bridgehead atoms. The predicted octanol–water partition coefficient (Wildman–Crippen LogP) is -0.0220. The Kier molecular flexibility index (Phi) is 4.44. The van der Waals surface area contributed by atoms with Gasteiger partial charge in [0.05, 0.1) is 6.54 Å². The number of aliphatic carboxylic acids is 1. The van der Waals surface area contributed by atoms with E-state index in [1.807, 2.05) is 0 Å². The third-order valence-electron chi connectivity index (χ3n) is 2.03. The number of carboxylic acid groups (broad SMARTS) is 1. The van der Waals surface area contributed by atoms with Gasteiger partial charge in [0.25, 0.3) is 0 Å². The molecule has 0 fully saturated rings. The Balaban J connectivity index is 2.40. The van der Waals surface area contributed by atoms with Crippen molar-refractivity contribution >= 4 is 12.0 Å². The van der Waals surface area contributed by atoms with E-state index in [1.54, 1.807) is 13.8 Å². The lowest BCUT2D eigenvalue weighted by Crippen LogP contribution is -2.48. The van der Waals surface area contributed by atoms with Crippen LogP contribution >= 0.6 is 0 Å². The number of urea groups is 1. The highest BCUT2D eigenvalue weighted by Crippen LogP contribution is 2.01. The summed E-state index contributed by atoms with van der Waals surface area (Å²) in [4.78, 5) is 25.9. The first-order valence-electron chi connectivity index (χ1n) is 5.03. The van der Waals surface area contributed by atoms with Gasteiger partial charge in [0, 0.05) is 0 Å².